The highest BCUT2D eigenvalue weighted by molar-refractivity contribution is 5.25. The van der Waals surface area contributed by atoms with Crippen LogP contribution in [-0.2, 0) is 9.47 Å². The molecule has 2 fully saturated rings. The maximum atomic E-state index is 11.5. The Kier molecular flexibility index (Phi) is 9.56. The van der Waals surface area contributed by atoms with E-state index in [-0.39, 0.29) is 37.1 Å². The minimum Gasteiger partial charge on any atom is -0.394 e. The molecule has 10 unspecified atom stereocenters. The first kappa shape index (κ1) is 28.7. The standard InChI is InChI=1S/C26H44O9/c1-15-5-4-6-19-25(3,9-7-17(12-28)8-10-27)16(2)11-20(30)26(15,19)14-34-24-23(33)22(32)21(31)18(13-29)35-24/h5,8,16,18-24,27-33H,4,6-7,9-14H2,1-3H3. The van der Waals surface area contributed by atoms with Gasteiger partial charge in [-0.1, -0.05) is 31.6 Å². The normalized spacial score (nSPS) is 44.6. The zero-order valence-electron chi connectivity index (χ0n) is 21.1. The summed E-state index contributed by atoms with van der Waals surface area (Å²) in [7, 11) is 0. The first-order chi connectivity index (χ1) is 16.6. The van der Waals surface area contributed by atoms with Gasteiger partial charge >= 0.3 is 0 Å². The van der Waals surface area contributed by atoms with Gasteiger partial charge in [0.2, 0.25) is 0 Å². The molecule has 0 aromatic rings. The van der Waals surface area contributed by atoms with Crippen molar-refractivity contribution in [3.8, 4) is 0 Å². The molecule has 3 rings (SSSR count). The molecule has 0 aromatic carbocycles. The fourth-order valence-corrected chi connectivity index (χ4v) is 6.72. The topological polar surface area (TPSA) is 160 Å². The van der Waals surface area contributed by atoms with Crippen LogP contribution >= 0.6 is 0 Å². The minimum absolute atomic E-state index is 0.0395. The molecule has 2 aliphatic carbocycles. The maximum absolute atomic E-state index is 11.5. The molecule has 1 saturated carbocycles. The van der Waals surface area contributed by atoms with Crippen molar-refractivity contribution in [2.75, 3.05) is 26.4 Å². The van der Waals surface area contributed by atoms with Gasteiger partial charge in [0.15, 0.2) is 6.29 Å². The van der Waals surface area contributed by atoms with Crippen molar-refractivity contribution in [2.45, 2.75) is 89.7 Å². The van der Waals surface area contributed by atoms with Gasteiger partial charge in [0.05, 0.1) is 32.5 Å². The van der Waals surface area contributed by atoms with Crippen LogP contribution in [0, 0.1) is 22.7 Å². The Morgan fingerprint density at radius 3 is 2.49 bits per heavy atom. The smallest absolute Gasteiger partial charge is 0.186 e. The molecule has 202 valence electrons. The second-order valence-electron chi connectivity index (χ2n) is 10.9. The lowest BCUT2D eigenvalue weighted by Gasteiger charge is -2.61. The molecule has 0 amide bonds. The molecule has 0 aromatic heterocycles. The Labute approximate surface area is 207 Å². The zero-order valence-corrected chi connectivity index (χ0v) is 21.1. The van der Waals surface area contributed by atoms with Gasteiger partial charge in [-0.05, 0) is 61.9 Å². The van der Waals surface area contributed by atoms with E-state index < -0.39 is 48.8 Å². The van der Waals surface area contributed by atoms with E-state index in [2.05, 4.69) is 19.9 Å². The molecule has 1 heterocycles. The summed E-state index contributed by atoms with van der Waals surface area (Å²) < 4.78 is 11.6. The molecule has 1 saturated heterocycles. The Morgan fingerprint density at radius 1 is 1.14 bits per heavy atom. The van der Waals surface area contributed by atoms with Gasteiger partial charge in [-0.15, -0.1) is 0 Å². The Hall–Kier alpha value is -0.880. The number of hydrogen-bond donors (Lipinski definition) is 7. The summed E-state index contributed by atoms with van der Waals surface area (Å²) >= 11 is 0. The largest absolute Gasteiger partial charge is 0.394 e. The number of allylic oxidation sites excluding steroid dienone is 1. The number of aliphatic hydroxyl groups is 7. The van der Waals surface area contributed by atoms with E-state index in [0.29, 0.717) is 12.8 Å². The predicted octanol–water partition coefficient (Wildman–Crippen LogP) is 0.244. The number of ether oxygens (including phenoxy) is 2. The van der Waals surface area contributed by atoms with Crippen molar-refractivity contribution in [1.82, 2.24) is 0 Å². The summed E-state index contributed by atoms with van der Waals surface area (Å²) in [5.41, 5.74) is 0.866. The average Bonchev–Trinajstić information content (AvgIpc) is 2.84. The highest BCUT2D eigenvalue weighted by Crippen LogP contribution is 2.62. The number of hydrogen-bond acceptors (Lipinski definition) is 9. The third kappa shape index (κ3) is 5.26. The molecule has 0 spiro atoms. The van der Waals surface area contributed by atoms with Gasteiger partial charge in [0, 0.05) is 5.41 Å². The van der Waals surface area contributed by atoms with Gasteiger partial charge in [-0.2, -0.15) is 0 Å². The Bertz CT molecular complexity index is 768. The van der Waals surface area contributed by atoms with Crippen molar-refractivity contribution >= 4 is 0 Å². The summed E-state index contributed by atoms with van der Waals surface area (Å²) in [6, 6.07) is 0. The van der Waals surface area contributed by atoms with Crippen molar-refractivity contribution in [2.24, 2.45) is 22.7 Å². The highest BCUT2D eigenvalue weighted by Gasteiger charge is 2.60. The Morgan fingerprint density at radius 2 is 1.86 bits per heavy atom. The number of fused-ring (bicyclic) bond motifs is 1. The van der Waals surface area contributed by atoms with Gasteiger partial charge in [0.1, 0.15) is 24.4 Å². The first-order valence-corrected chi connectivity index (χ1v) is 12.7. The van der Waals surface area contributed by atoms with Gasteiger partial charge < -0.3 is 45.2 Å². The van der Waals surface area contributed by atoms with E-state index in [0.717, 1.165) is 30.4 Å². The van der Waals surface area contributed by atoms with Crippen LogP contribution in [0.3, 0.4) is 0 Å². The first-order valence-electron chi connectivity index (χ1n) is 12.7. The van der Waals surface area contributed by atoms with Crippen LogP contribution in [0.2, 0.25) is 0 Å². The lowest BCUT2D eigenvalue weighted by Crippen LogP contribution is -2.62. The number of aliphatic hydroxyl groups excluding tert-OH is 7. The SMILES string of the molecule is CC1=CCCC2C(C)(CCC(=CCO)CO)C(C)CC(O)C12COC1OC(CO)C(O)C(O)C1O. The molecule has 1 aliphatic heterocycles. The highest BCUT2D eigenvalue weighted by atomic mass is 16.7. The van der Waals surface area contributed by atoms with Crippen molar-refractivity contribution in [3.63, 3.8) is 0 Å². The predicted molar refractivity (Wildman–Crippen MR) is 128 cm³/mol. The summed E-state index contributed by atoms with van der Waals surface area (Å²) in [6.45, 7) is 5.64. The van der Waals surface area contributed by atoms with E-state index in [4.69, 9.17) is 9.47 Å². The fourth-order valence-electron chi connectivity index (χ4n) is 6.72. The molecule has 9 nitrogen and oxygen atoms in total. The second-order valence-corrected chi connectivity index (χ2v) is 10.9. The summed E-state index contributed by atoms with van der Waals surface area (Å²) in [5, 5.41) is 70.7. The molecule has 10 atom stereocenters. The second kappa shape index (κ2) is 11.7. The lowest BCUT2D eigenvalue weighted by molar-refractivity contribution is -0.312. The van der Waals surface area contributed by atoms with Crippen molar-refractivity contribution < 1.29 is 45.2 Å². The van der Waals surface area contributed by atoms with Crippen LogP contribution in [0.25, 0.3) is 0 Å². The third-order valence-electron chi connectivity index (χ3n) is 9.26. The molecule has 3 aliphatic rings. The molecule has 35 heavy (non-hydrogen) atoms. The molecular formula is C26H44O9. The Balaban J connectivity index is 1.89. The molecule has 0 bridgehead atoms. The van der Waals surface area contributed by atoms with Crippen LogP contribution < -0.4 is 0 Å². The summed E-state index contributed by atoms with van der Waals surface area (Å²) in [5.74, 6) is 0.237. The third-order valence-corrected chi connectivity index (χ3v) is 9.26. The maximum Gasteiger partial charge on any atom is 0.186 e. The van der Waals surface area contributed by atoms with E-state index in [9.17, 15) is 35.7 Å². The fraction of sp³-hybridized carbons (Fsp3) is 0.846. The van der Waals surface area contributed by atoms with E-state index >= 15 is 0 Å². The van der Waals surface area contributed by atoms with Crippen LogP contribution in [0.1, 0.15) is 52.9 Å². The molecule has 0 radical (unpaired) electrons. The van der Waals surface area contributed by atoms with E-state index in [1.54, 1.807) is 6.08 Å². The molecule has 7 N–H and O–H groups in total. The molecular weight excluding hydrogens is 456 g/mol. The van der Waals surface area contributed by atoms with Crippen LogP contribution in [0.5, 0.6) is 0 Å². The van der Waals surface area contributed by atoms with Gasteiger partial charge in [-0.25, -0.2) is 0 Å². The monoisotopic (exact) mass is 500 g/mol. The van der Waals surface area contributed by atoms with E-state index in [1.165, 1.54) is 0 Å². The van der Waals surface area contributed by atoms with Crippen LogP contribution in [0.4, 0.5) is 0 Å². The summed E-state index contributed by atoms with van der Waals surface area (Å²) in [4.78, 5) is 0. The van der Waals surface area contributed by atoms with Gasteiger partial charge in [-0.3, -0.25) is 0 Å². The molecule has 9 heteroatoms. The van der Waals surface area contributed by atoms with Gasteiger partial charge in [0.25, 0.3) is 0 Å². The number of rotatable bonds is 9. The lowest BCUT2D eigenvalue weighted by atomic mass is 9.45. The van der Waals surface area contributed by atoms with Crippen LogP contribution in [0.15, 0.2) is 23.3 Å². The minimum atomic E-state index is -1.53. The zero-order chi connectivity index (χ0) is 26.0. The summed E-state index contributed by atoms with van der Waals surface area (Å²) in [6.07, 6.45) is -0.0814. The van der Waals surface area contributed by atoms with Crippen molar-refractivity contribution in [1.29, 1.82) is 0 Å². The van der Waals surface area contributed by atoms with Crippen LogP contribution in [-0.4, -0.2) is 99.0 Å². The van der Waals surface area contributed by atoms with Crippen molar-refractivity contribution in [3.05, 3.63) is 23.3 Å². The quantitative estimate of drug-likeness (QED) is 0.220. The van der Waals surface area contributed by atoms with E-state index in [1.807, 2.05) is 6.92 Å². The average molecular weight is 501 g/mol.